The first-order valence-electron chi connectivity index (χ1n) is 55.5. The molecular formula is C125H230O14. The van der Waals surface area contributed by atoms with Crippen LogP contribution in [0.2, 0.25) is 0 Å². The van der Waals surface area contributed by atoms with Crippen molar-refractivity contribution in [2.45, 2.75) is 580 Å². The van der Waals surface area contributed by atoms with E-state index in [0.717, 1.165) is 101 Å². The third-order valence-corrected chi connectivity index (χ3v) is 31.7. The predicted molar refractivity (Wildman–Crippen MR) is 592 cm³/mol. The standard InChI is InChI=1S/C20H38O2.3C16H30O2.C14H22.C13H26O2.C11H16.C10H20O2.C9H18O2/c1-10-20(8,9)17(21)22-16-12-14(18(2,3)4)11-15(13-16)19(5,6)7;2*1-7-16(5,6)14(17)18-13-10-8-12(9-11-13)15(2,3)4;1-7-15(3,4)14(17)18-16(5,6)13-10-8-12(2)9-11-13;1-6-11(2)12-7-9-13(10-8-12)14(3,4)5;1-8-13(6,7)12(14)15-11(9(2)3)10(4)5;1-4-10(3)11-7-5-9(2)6-8-11;1-7-10(5,6)8(11)12-9(2,3)4;1-6-9(4,5)8(10)11-7(2)3/h14-16H,10-13H2,1-9H3;3*12-13H,7-11H2,1-6H3;7-11H,6H2,1-5H3;9-11H,8H2,1-7H3;5-8,10H,4H2,1-3H3;7H2,1-6H3;7H,6H2,1-5H3. The lowest BCUT2D eigenvalue weighted by atomic mass is 9.62. The summed E-state index contributed by atoms with van der Waals surface area (Å²) in [6.07, 6.45) is 25.7. The average Bonchev–Trinajstić information content (AvgIpc) is 0.800. The largest absolute Gasteiger partial charge is 0.463 e. The Balaban J connectivity index is -0.00000151. The smallest absolute Gasteiger partial charge is 0.312 e. The van der Waals surface area contributed by atoms with E-state index in [1.54, 1.807) is 0 Å². The molecule has 139 heavy (non-hydrogen) atoms. The highest BCUT2D eigenvalue weighted by Crippen LogP contribution is 2.49. The summed E-state index contributed by atoms with van der Waals surface area (Å²) in [4.78, 5) is 83.4. The zero-order valence-corrected chi connectivity index (χ0v) is 101. The molecule has 4 unspecified atom stereocenters. The Morgan fingerprint density at radius 2 is 0.554 bits per heavy atom. The predicted octanol–water partition coefficient (Wildman–Crippen LogP) is 36.3. The van der Waals surface area contributed by atoms with Gasteiger partial charge in [-0.05, 0) is 397 Å². The minimum Gasteiger partial charge on any atom is -0.463 e. The molecule has 4 atom stereocenters. The fraction of sp³-hybridized carbons (Fsp3) is 0.848. The highest BCUT2D eigenvalue weighted by molar-refractivity contribution is 5.79. The third kappa shape index (κ3) is 53.6. The van der Waals surface area contributed by atoms with E-state index < -0.39 is 0 Å². The van der Waals surface area contributed by atoms with Crippen LogP contribution in [-0.2, 0) is 72.1 Å². The summed E-state index contributed by atoms with van der Waals surface area (Å²) in [5, 5.41) is 0. The van der Waals surface area contributed by atoms with Crippen LogP contribution >= 0.6 is 0 Å². The second-order valence-electron chi connectivity index (χ2n) is 54.7. The van der Waals surface area contributed by atoms with Crippen LogP contribution in [0, 0.1) is 114 Å². The van der Waals surface area contributed by atoms with Crippen molar-refractivity contribution in [2.75, 3.05) is 0 Å². The van der Waals surface area contributed by atoms with Gasteiger partial charge in [-0.25, -0.2) is 0 Å². The minimum absolute atomic E-state index is 0.00618. The van der Waals surface area contributed by atoms with Crippen LogP contribution in [0.5, 0.6) is 0 Å². The van der Waals surface area contributed by atoms with E-state index in [-0.39, 0.29) is 138 Å². The molecule has 6 rings (SSSR count). The Kier molecular flexibility index (Phi) is 59.6. The molecule has 0 spiro atoms. The maximum atomic E-state index is 12.5. The van der Waals surface area contributed by atoms with E-state index in [9.17, 15) is 33.6 Å². The van der Waals surface area contributed by atoms with E-state index in [2.05, 4.69) is 242 Å². The maximum absolute atomic E-state index is 12.5. The fourth-order valence-corrected chi connectivity index (χ4v) is 16.0. The molecular weight excluding hydrogens is 1730 g/mol. The number of ether oxygens (including phenoxy) is 7. The Bertz CT molecular complexity index is 3660. The third-order valence-electron chi connectivity index (χ3n) is 31.7. The van der Waals surface area contributed by atoms with E-state index in [4.69, 9.17) is 33.2 Å². The SMILES string of the molecule is CCC(C)(C)C(=O)OC(C(C)C)C(C)C.CCC(C)(C)C(=O)OC(C)(C)C.CCC(C)(C)C(=O)OC(C)(C)C1CCC(C)CC1.CCC(C)(C)C(=O)OC(C)C.CCC(C)(C)C(=O)OC1CC(C(C)(C)C)CC(C(C)(C)C)C1.CCC(C)(C)C(=O)OC1CCC(C(C)(C)C)CC1.CCC(C)(C)C(=O)OC1CCC(C(C)(C)C)CC1.CCC(C)c1ccc(C(C)(C)C)cc1.CCC(C)c1ccc(C)cc1. The highest BCUT2D eigenvalue weighted by atomic mass is 16.6. The molecule has 14 heteroatoms. The lowest BCUT2D eigenvalue weighted by Crippen LogP contribution is -2.42. The molecule has 0 radical (unpaired) electrons. The first-order valence-corrected chi connectivity index (χ1v) is 55.5. The van der Waals surface area contributed by atoms with Gasteiger partial charge in [0.2, 0.25) is 0 Å². The Hall–Kier alpha value is -5.27. The molecule has 0 amide bonds. The van der Waals surface area contributed by atoms with E-state index in [1.807, 2.05) is 173 Å². The van der Waals surface area contributed by atoms with Crippen molar-refractivity contribution in [1.82, 2.24) is 0 Å². The lowest BCUT2D eigenvalue weighted by molar-refractivity contribution is -0.174. The number of esters is 7. The molecule has 14 nitrogen and oxygen atoms in total. The summed E-state index contributed by atoms with van der Waals surface area (Å²) >= 11 is 0. The van der Waals surface area contributed by atoms with Crippen molar-refractivity contribution < 1.29 is 66.7 Å². The first kappa shape index (κ1) is 138. The molecule has 2 aromatic rings. The summed E-state index contributed by atoms with van der Waals surface area (Å²) in [7, 11) is 0. The van der Waals surface area contributed by atoms with Gasteiger partial charge in [0, 0.05) is 0 Å². The number of carbonyl (C=O) groups is 7. The minimum atomic E-state index is -0.372. The molecule has 0 N–H and O–H groups in total. The molecule has 0 aliphatic heterocycles. The van der Waals surface area contributed by atoms with Crippen molar-refractivity contribution in [2.24, 2.45) is 107 Å². The van der Waals surface area contributed by atoms with E-state index in [0.29, 0.717) is 52.3 Å². The van der Waals surface area contributed by atoms with Crippen molar-refractivity contribution in [1.29, 1.82) is 0 Å². The van der Waals surface area contributed by atoms with Crippen LogP contribution in [-0.4, -0.2) is 83.5 Å². The van der Waals surface area contributed by atoms with Crippen LogP contribution in [0.25, 0.3) is 0 Å². The van der Waals surface area contributed by atoms with Gasteiger partial charge in [-0.1, -0.05) is 282 Å². The molecule has 4 saturated carbocycles. The number of rotatable bonds is 27. The maximum Gasteiger partial charge on any atom is 0.312 e. The molecule has 4 aliphatic carbocycles. The zero-order chi connectivity index (χ0) is 110. The summed E-state index contributed by atoms with van der Waals surface area (Å²) in [6.45, 7) is 111. The van der Waals surface area contributed by atoms with Crippen LogP contribution in [0.15, 0.2) is 48.5 Å². The second kappa shape index (κ2) is 60.1. The monoisotopic (exact) mass is 1960 g/mol. The molecule has 2 aromatic carbocycles. The molecule has 814 valence electrons. The van der Waals surface area contributed by atoms with Crippen LogP contribution < -0.4 is 0 Å². The van der Waals surface area contributed by atoms with Gasteiger partial charge in [-0.15, -0.1) is 0 Å². The first-order chi connectivity index (χ1) is 62.8. The van der Waals surface area contributed by atoms with Gasteiger partial charge in [-0.2, -0.15) is 0 Å². The van der Waals surface area contributed by atoms with Crippen LogP contribution in [0.3, 0.4) is 0 Å². The number of aryl methyl sites for hydroxylation is 1. The van der Waals surface area contributed by atoms with Crippen LogP contribution in [0.4, 0.5) is 0 Å². The molecule has 4 fully saturated rings. The Morgan fingerprint density at radius 3 is 0.813 bits per heavy atom. The lowest BCUT2D eigenvalue weighted by Gasteiger charge is -2.45. The fourth-order valence-electron chi connectivity index (χ4n) is 16.0. The zero-order valence-electron chi connectivity index (χ0n) is 101. The quantitative estimate of drug-likeness (QED) is 0.0608. The number of hydrogen-bond acceptors (Lipinski definition) is 14. The van der Waals surface area contributed by atoms with Crippen molar-refractivity contribution in [3.63, 3.8) is 0 Å². The average molecular weight is 1960 g/mol. The van der Waals surface area contributed by atoms with Gasteiger partial charge in [-0.3, -0.25) is 33.6 Å². The molecule has 0 bridgehead atoms. The number of benzene rings is 2. The van der Waals surface area contributed by atoms with Crippen molar-refractivity contribution in [3.05, 3.63) is 70.8 Å². The van der Waals surface area contributed by atoms with E-state index >= 15 is 0 Å². The van der Waals surface area contributed by atoms with Crippen molar-refractivity contribution in [3.8, 4) is 0 Å². The van der Waals surface area contributed by atoms with Gasteiger partial charge in [0.15, 0.2) is 0 Å². The molecule has 0 heterocycles. The molecule has 0 saturated heterocycles. The van der Waals surface area contributed by atoms with Gasteiger partial charge < -0.3 is 33.2 Å². The summed E-state index contributed by atoms with van der Waals surface area (Å²) in [5.41, 5.74) is 4.15. The van der Waals surface area contributed by atoms with E-state index in [1.165, 1.54) is 92.9 Å². The summed E-state index contributed by atoms with van der Waals surface area (Å²) in [5.74, 6) is 5.86. The Morgan fingerprint density at radius 1 is 0.295 bits per heavy atom. The van der Waals surface area contributed by atoms with Crippen LogP contribution in [0.1, 0.15) is 548 Å². The second-order valence-corrected chi connectivity index (χ2v) is 54.7. The molecule has 0 aromatic heterocycles. The Labute approximate surface area is 861 Å². The molecule has 4 aliphatic rings. The van der Waals surface area contributed by atoms with Crippen molar-refractivity contribution >= 4 is 41.8 Å². The van der Waals surface area contributed by atoms with Gasteiger partial charge in [0.05, 0.1) is 44.0 Å². The highest BCUT2D eigenvalue weighted by Gasteiger charge is 2.45. The van der Waals surface area contributed by atoms with Gasteiger partial charge in [0.25, 0.3) is 0 Å². The topological polar surface area (TPSA) is 184 Å². The van der Waals surface area contributed by atoms with Gasteiger partial charge in [0.1, 0.15) is 35.6 Å². The number of hydrogen-bond donors (Lipinski definition) is 0. The normalized spacial score (nSPS) is 20.3. The number of carbonyl (C=O) groups excluding carboxylic acids is 7. The van der Waals surface area contributed by atoms with Gasteiger partial charge >= 0.3 is 41.8 Å². The summed E-state index contributed by atoms with van der Waals surface area (Å²) < 4.78 is 39.0. The summed E-state index contributed by atoms with van der Waals surface area (Å²) in [6, 6.07) is 17.9.